The number of fused-ring (bicyclic) bond motifs is 1. The summed E-state index contributed by atoms with van der Waals surface area (Å²) in [5, 5.41) is 9.01. The van der Waals surface area contributed by atoms with Crippen molar-refractivity contribution in [2.75, 3.05) is 17.2 Å². The van der Waals surface area contributed by atoms with Crippen molar-refractivity contribution in [3.05, 3.63) is 113 Å². The number of benzene rings is 1. The first-order chi connectivity index (χ1) is 19.5. The summed E-state index contributed by atoms with van der Waals surface area (Å²) in [4.78, 5) is 42.2. The molecule has 1 aliphatic heterocycles. The van der Waals surface area contributed by atoms with Gasteiger partial charge in [-0.05, 0) is 36.8 Å². The van der Waals surface area contributed by atoms with Crippen LogP contribution in [0.2, 0.25) is 0 Å². The van der Waals surface area contributed by atoms with Crippen LogP contribution in [-0.2, 0) is 4.79 Å². The highest BCUT2D eigenvalue weighted by atomic mass is 32.1. The highest BCUT2D eigenvalue weighted by molar-refractivity contribution is 7.07. The second-order valence-electron chi connectivity index (χ2n) is 8.77. The zero-order valence-corrected chi connectivity index (χ0v) is 22.5. The number of thiazole rings is 1. The third kappa shape index (κ3) is 5.36. The van der Waals surface area contributed by atoms with E-state index in [1.54, 1.807) is 43.0 Å². The Labute approximate surface area is 234 Å². The highest BCUT2D eigenvalue weighted by Crippen LogP contribution is 2.26. The van der Waals surface area contributed by atoms with Crippen LogP contribution in [-0.4, -0.2) is 49.8 Å². The lowest BCUT2D eigenvalue weighted by molar-refractivity contribution is -0.114. The lowest BCUT2D eigenvalue weighted by atomic mass is 10.0. The highest BCUT2D eigenvalue weighted by Gasteiger charge is 2.34. The van der Waals surface area contributed by atoms with E-state index in [9.17, 15) is 9.59 Å². The van der Waals surface area contributed by atoms with Crippen molar-refractivity contribution in [2.45, 2.75) is 13.0 Å². The number of nitrogens with two attached hydrogens (primary N) is 1. The zero-order valence-electron chi connectivity index (χ0n) is 21.6. The van der Waals surface area contributed by atoms with Crippen molar-refractivity contribution >= 4 is 52.2 Å². The molecule has 0 radical (unpaired) electrons. The van der Waals surface area contributed by atoms with E-state index >= 15 is 0 Å². The van der Waals surface area contributed by atoms with Gasteiger partial charge in [-0.15, -0.1) is 16.4 Å². The average Bonchev–Trinajstić information content (AvgIpc) is 3.60. The summed E-state index contributed by atoms with van der Waals surface area (Å²) in [5.74, 6) is -0.266. The van der Waals surface area contributed by atoms with Crippen molar-refractivity contribution < 1.29 is 9.59 Å². The number of amides is 2. The van der Waals surface area contributed by atoms with Gasteiger partial charge in [0.1, 0.15) is 11.4 Å². The quantitative estimate of drug-likeness (QED) is 0.251. The molecule has 0 aliphatic carbocycles. The second-order valence-corrected chi connectivity index (χ2v) is 9.49. The van der Waals surface area contributed by atoms with Crippen LogP contribution in [0.5, 0.6) is 0 Å². The minimum atomic E-state index is -0.644. The summed E-state index contributed by atoms with van der Waals surface area (Å²) in [7, 11) is 0. The molecular formula is C29H26N8O2S. The van der Waals surface area contributed by atoms with Gasteiger partial charge >= 0.3 is 0 Å². The predicted molar refractivity (Wildman–Crippen MR) is 158 cm³/mol. The lowest BCUT2D eigenvalue weighted by Gasteiger charge is -2.32. The van der Waals surface area contributed by atoms with Crippen LogP contribution < -0.4 is 16.0 Å². The number of hydrogen-bond acceptors (Lipinski definition) is 8. The fraction of sp³-hybridized carbons (Fsp3) is 0.103. The van der Waals surface area contributed by atoms with Crippen molar-refractivity contribution in [2.24, 2.45) is 4.99 Å². The number of carbonyl (C=O) groups is 2. The number of anilines is 2. The first-order valence-corrected chi connectivity index (χ1v) is 13.3. The summed E-state index contributed by atoms with van der Waals surface area (Å²) in [6, 6.07) is 10.2. The molecule has 4 aromatic rings. The van der Waals surface area contributed by atoms with E-state index < -0.39 is 11.9 Å². The molecule has 11 heteroatoms. The number of rotatable bonds is 8. The number of carbonyl (C=O) groups excluding carboxylic acids is 2. The van der Waals surface area contributed by atoms with Gasteiger partial charge in [-0.1, -0.05) is 49.1 Å². The topological polar surface area (TPSA) is 131 Å². The number of amidine groups is 1. The molecule has 0 unspecified atom stereocenters. The summed E-state index contributed by atoms with van der Waals surface area (Å²) < 4.78 is 1.45. The summed E-state index contributed by atoms with van der Waals surface area (Å²) >= 11 is 1.49. The monoisotopic (exact) mass is 550 g/mol. The van der Waals surface area contributed by atoms with Crippen LogP contribution in [0, 0.1) is 0 Å². The average molecular weight is 551 g/mol. The lowest BCUT2D eigenvalue weighted by Crippen LogP contribution is -2.52. The van der Waals surface area contributed by atoms with E-state index in [1.165, 1.54) is 20.8 Å². The molecule has 3 N–H and O–H groups in total. The third-order valence-electron chi connectivity index (χ3n) is 6.13. The van der Waals surface area contributed by atoms with Gasteiger partial charge in [-0.2, -0.15) is 0 Å². The Morgan fingerprint density at radius 2 is 2.02 bits per heavy atom. The molecule has 5 rings (SSSR count). The Hall–Kier alpha value is -5.16. The third-order valence-corrected chi connectivity index (χ3v) is 6.74. The predicted octanol–water partition coefficient (Wildman–Crippen LogP) is 4.08. The number of nitrogens with one attached hydrogen (secondary N) is 1. The maximum absolute atomic E-state index is 14.1. The summed E-state index contributed by atoms with van der Waals surface area (Å²) in [6.07, 6.45) is 12.2. The van der Waals surface area contributed by atoms with Gasteiger partial charge in [0.15, 0.2) is 11.5 Å². The Balaban J connectivity index is 1.52. The SMILES string of the molecule is C=C\C=C/C(/C=C/c1cscn1)=C1\CN=C([C@H](C)NC(=O)c2c(N)nn3cccnc23)N(c2ccccc2)C1=O. The van der Waals surface area contributed by atoms with Crippen molar-refractivity contribution in [3.8, 4) is 0 Å². The fourth-order valence-corrected chi connectivity index (χ4v) is 4.79. The Morgan fingerprint density at radius 1 is 1.20 bits per heavy atom. The van der Waals surface area contributed by atoms with Crippen LogP contribution >= 0.6 is 11.3 Å². The molecule has 2 amide bonds. The normalized spacial score (nSPS) is 16.0. The van der Waals surface area contributed by atoms with E-state index in [-0.39, 0.29) is 23.8 Å². The molecule has 1 aromatic carbocycles. The van der Waals surface area contributed by atoms with Crippen molar-refractivity contribution in [1.82, 2.24) is 24.9 Å². The van der Waals surface area contributed by atoms with E-state index in [0.29, 0.717) is 28.3 Å². The van der Waals surface area contributed by atoms with Gasteiger partial charge < -0.3 is 11.1 Å². The summed E-state index contributed by atoms with van der Waals surface area (Å²) in [6.45, 7) is 5.64. The van der Waals surface area contributed by atoms with Crippen LogP contribution in [0.25, 0.3) is 11.7 Å². The molecule has 0 bridgehead atoms. The van der Waals surface area contributed by atoms with Crippen LogP contribution in [0.4, 0.5) is 11.5 Å². The largest absolute Gasteiger partial charge is 0.381 e. The van der Waals surface area contributed by atoms with Gasteiger partial charge in [-0.3, -0.25) is 19.5 Å². The Morgan fingerprint density at radius 3 is 2.77 bits per heavy atom. The molecule has 0 saturated carbocycles. The molecule has 0 spiro atoms. The molecule has 200 valence electrons. The summed E-state index contributed by atoms with van der Waals surface area (Å²) in [5.41, 5.74) is 10.9. The van der Waals surface area contributed by atoms with Crippen LogP contribution in [0.15, 0.2) is 107 Å². The minimum Gasteiger partial charge on any atom is -0.381 e. The number of hydrogen-bond donors (Lipinski definition) is 2. The van der Waals surface area contributed by atoms with Gasteiger partial charge in [-0.25, -0.2) is 14.5 Å². The molecule has 1 atom stereocenters. The van der Waals surface area contributed by atoms with Crippen LogP contribution in [0.1, 0.15) is 23.0 Å². The van der Waals surface area contributed by atoms with Gasteiger partial charge in [0, 0.05) is 23.3 Å². The van der Waals surface area contributed by atoms with E-state index in [1.807, 2.05) is 53.9 Å². The molecule has 3 aromatic heterocycles. The van der Waals surface area contributed by atoms with Gasteiger partial charge in [0.05, 0.1) is 29.5 Å². The second kappa shape index (κ2) is 11.7. The van der Waals surface area contributed by atoms with Crippen molar-refractivity contribution in [1.29, 1.82) is 0 Å². The molecular weight excluding hydrogens is 524 g/mol. The zero-order chi connectivity index (χ0) is 28.1. The van der Waals surface area contributed by atoms with Gasteiger partial charge in [0.25, 0.3) is 11.8 Å². The van der Waals surface area contributed by atoms with Crippen molar-refractivity contribution in [3.63, 3.8) is 0 Å². The number of nitrogens with zero attached hydrogens (tertiary/aromatic N) is 6. The Kier molecular flexibility index (Phi) is 7.74. The molecule has 4 heterocycles. The maximum atomic E-state index is 14.1. The van der Waals surface area contributed by atoms with E-state index in [4.69, 9.17) is 10.7 Å². The number of nitrogen functional groups attached to an aromatic ring is 1. The molecule has 10 nitrogen and oxygen atoms in total. The first kappa shape index (κ1) is 26.4. The molecule has 40 heavy (non-hydrogen) atoms. The number of aliphatic imine (C=N–C) groups is 1. The van der Waals surface area contributed by atoms with E-state index in [2.05, 4.69) is 27.0 Å². The minimum absolute atomic E-state index is 0.0562. The molecule has 0 saturated heterocycles. The first-order valence-electron chi connectivity index (χ1n) is 12.4. The maximum Gasteiger partial charge on any atom is 0.262 e. The smallest absolute Gasteiger partial charge is 0.262 e. The van der Waals surface area contributed by atoms with Crippen LogP contribution in [0.3, 0.4) is 0 Å². The fourth-order valence-electron chi connectivity index (χ4n) is 4.27. The Bertz CT molecular complexity index is 1680. The molecule has 0 fully saturated rings. The standard InChI is InChI=1S/C29H26N8O2S/c1-3-4-9-20(12-13-21-17-40-18-33-21)23-16-32-26(37(29(23)39)22-10-6-5-7-11-22)19(2)34-28(38)24-25(30)35-36-15-8-14-31-27(24)36/h3-15,17-19H,1,16H2,2H3,(H2,30,35)(H,34,38)/b9-4-,13-12+,23-20-/t19-/m0/s1. The van der Waals surface area contributed by atoms with E-state index in [0.717, 1.165) is 5.69 Å². The number of para-hydroxylation sites is 1. The van der Waals surface area contributed by atoms with Gasteiger partial charge in [0.2, 0.25) is 0 Å². The number of allylic oxidation sites excluding steroid dienone is 5. The molecule has 1 aliphatic rings. The number of aromatic nitrogens is 4.